The van der Waals surface area contributed by atoms with E-state index in [-0.39, 0.29) is 17.7 Å². The Morgan fingerprint density at radius 2 is 2.12 bits per heavy atom. The molecule has 0 atom stereocenters. The number of ether oxygens (including phenoxy) is 1. The first kappa shape index (κ1) is 18.1. The number of carbonyl (C=O) groups excluding carboxylic acids is 1. The van der Waals surface area contributed by atoms with Crippen molar-refractivity contribution in [2.24, 2.45) is 0 Å². The second-order valence-electron chi connectivity index (χ2n) is 5.29. The number of nitrogens with zero attached hydrogens (tertiary/aromatic N) is 2. The van der Waals surface area contributed by atoms with Gasteiger partial charge >= 0.3 is 5.97 Å². The topological polar surface area (TPSA) is 60.7 Å². The van der Waals surface area contributed by atoms with Crippen LogP contribution in [0.5, 0.6) is 0 Å². The van der Waals surface area contributed by atoms with Crippen molar-refractivity contribution >= 4 is 50.0 Å². The van der Waals surface area contributed by atoms with Gasteiger partial charge in [0.1, 0.15) is 5.56 Å². The largest absolute Gasteiger partial charge is 0.462 e. The number of hydrogen-bond donors (Lipinski definition) is 0. The molecular weight excluding hydrogens is 499 g/mol. The standard InChI is InChI=1S/C18H14BrIN2O3/c1-2-25-18(24)15-16(20)13(9-12-7-6-11(19)10-21-12)14-5-3-4-8-22(14)17(15)23/h3-8,10H,2,9H2,1H3. The third kappa shape index (κ3) is 3.62. The van der Waals surface area contributed by atoms with Crippen molar-refractivity contribution in [2.75, 3.05) is 6.61 Å². The van der Waals surface area contributed by atoms with Gasteiger partial charge in [0, 0.05) is 32.6 Å². The minimum atomic E-state index is -0.597. The fourth-order valence-corrected chi connectivity index (χ4v) is 3.74. The van der Waals surface area contributed by atoms with Crippen LogP contribution in [0.4, 0.5) is 0 Å². The predicted molar refractivity (Wildman–Crippen MR) is 107 cm³/mol. The highest BCUT2D eigenvalue weighted by atomic mass is 127. The first-order chi connectivity index (χ1) is 12.0. The third-order valence-corrected chi connectivity index (χ3v) is 5.37. The summed E-state index contributed by atoms with van der Waals surface area (Å²) in [7, 11) is 0. The van der Waals surface area contributed by atoms with E-state index < -0.39 is 5.97 Å². The molecule has 0 aliphatic carbocycles. The van der Waals surface area contributed by atoms with Gasteiger partial charge in [-0.25, -0.2) is 4.79 Å². The van der Waals surface area contributed by atoms with E-state index in [1.807, 2.05) is 24.3 Å². The highest BCUT2D eigenvalue weighted by Crippen LogP contribution is 2.23. The van der Waals surface area contributed by atoms with Crippen molar-refractivity contribution in [3.05, 3.63) is 77.9 Å². The minimum Gasteiger partial charge on any atom is -0.462 e. The molecular formula is C18H14BrIN2O3. The lowest BCUT2D eigenvalue weighted by molar-refractivity contribution is 0.0522. The Hall–Kier alpha value is -1.74. The van der Waals surface area contributed by atoms with E-state index in [9.17, 15) is 9.59 Å². The maximum atomic E-state index is 12.8. The fraction of sp³-hybridized carbons (Fsp3) is 0.167. The Morgan fingerprint density at radius 1 is 1.32 bits per heavy atom. The molecule has 0 amide bonds. The summed E-state index contributed by atoms with van der Waals surface area (Å²) in [5.74, 6) is -0.597. The Morgan fingerprint density at radius 3 is 2.80 bits per heavy atom. The van der Waals surface area contributed by atoms with Crippen molar-refractivity contribution in [1.29, 1.82) is 0 Å². The summed E-state index contributed by atoms with van der Waals surface area (Å²) in [6, 6.07) is 9.32. The van der Waals surface area contributed by atoms with Crippen molar-refractivity contribution in [3.8, 4) is 0 Å². The van der Waals surface area contributed by atoms with Crippen LogP contribution in [-0.4, -0.2) is 22.0 Å². The molecule has 0 bridgehead atoms. The van der Waals surface area contributed by atoms with E-state index in [1.54, 1.807) is 25.4 Å². The molecule has 0 spiro atoms. The zero-order valence-corrected chi connectivity index (χ0v) is 17.1. The van der Waals surface area contributed by atoms with E-state index in [2.05, 4.69) is 43.5 Å². The molecule has 0 saturated heterocycles. The van der Waals surface area contributed by atoms with Gasteiger partial charge in [0.2, 0.25) is 0 Å². The number of rotatable bonds is 4. The minimum absolute atomic E-state index is 0.0678. The SMILES string of the molecule is CCOC(=O)c1c(I)c(Cc2ccc(Br)cn2)c2ccccn2c1=O. The van der Waals surface area contributed by atoms with Crippen LogP contribution in [-0.2, 0) is 11.2 Å². The molecule has 5 nitrogen and oxygen atoms in total. The monoisotopic (exact) mass is 512 g/mol. The molecule has 0 aliphatic heterocycles. The molecule has 0 aliphatic rings. The Bertz CT molecular complexity index is 1000. The summed E-state index contributed by atoms with van der Waals surface area (Å²) in [5, 5.41) is 0. The van der Waals surface area contributed by atoms with Gasteiger partial charge in [0.15, 0.2) is 0 Å². The van der Waals surface area contributed by atoms with Gasteiger partial charge in [-0.3, -0.25) is 14.2 Å². The number of fused-ring (bicyclic) bond motifs is 1. The summed E-state index contributed by atoms with van der Waals surface area (Å²) in [6.45, 7) is 1.94. The molecule has 128 valence electrons. The second-order valence-corrected chi connectivity index (χ2v) is 7.29. The molecule has 3 aromatic rings. The van der Waals surface area contributed by atoms with E-state index in [4.69, 9.17) is 4.74 Å². The first-order valence-electron chi connectivity index (χ1n) is 7.62. The molecule has 0 fully saturated rings. The number of carbonyl (C=O) groups is 1. The maximum absolute atomic E-state index is 12.8. The average Bonchev–Trinajstić information content (AvgIpc) is 2.60. The highest BCUT2D eigenvalue weighted by molar-refractivity contribution is 14.1. The average molecular weight is 513 g/mol. The lowest BCUT2D eigenvalue weighted by Crippen LogP contribution is -2.27. The summed E-state index contributed by atoms with van der Waals surface area (Å²) in [5.41, 5.74) is 2.18. The highest BCUT2D eigenvalue weighted by Gasteiger charge is 2.22. The van der Waals surface area contributed by atoms with Crippen LogP contribution < -0.4 is 5.56 Å². The van der Waals surface area contributed by atoms with E-state index >= 15 is 0 Å². The predicted octanol–water partition coefficient (Wildman–Crippen LogP) is 3.83. The Labute approximate surface area is 166 Å². The van der Waals surface area contributed by atoms with Crippen LogP contribution in [0, 0.1) is 3.57 Å². The molecule has 0 unspecified atom stereocenters. The third-order valence-electron chi connectivity index (χ3n) is 3.71. The molecule has 7 heteroatoms. The van der Waals surface area contributed by atoms with Crippen LogP contribution in [0.3, 0.4) is 0 Å². The van der Waals surface area contributed by atoms with E-state index in [0.717, 1.165) is 21.2 Å². The van der Waals surface area contributed by atoms with Gasteiger partial charge in [-0.2, -0.15) is 0 Å². The number of hydrogen-bond acceptors (Lipinski definition) is 4. The van der Waals surface area contributed by atoms with Crippen LogP contribution in [0.2, 0.25) is 0 Å². The van der Waals surface area contributed by atoms with Crippen LogP contribution in [0.15, 0.2) is 52.0 Å². The van der Waals surface area contributed by atoms with Crippen LogP contribution in [0.25, 0.3) is 5.52 Å². The normalized spacial score (nSPS) is 10.8. The summed E-state index contributed by atoms with van der Waals surface area (Å²) >= 11 is 5.42. The Balaban J connectivity index is 2.24. The van der Waals surface area contributed by atoms with Crippen molar-refractivity contribution in [2.45, 2.75) is 13.3 Å². The molecule has 0 radical (unpaired) electrons. The van der Waals surface area contributed by atoms with Gasteiger partial charge in [-0.1, -0.05) is 6.07 Å². The van der Waals surface area contributed by atoms with E-state index in [1.165, 1.54) is 4.40 Å². The van der Waals surface area contributed by atoms with Gasteiger partial charge < -0.3 is 4.74 Å². The second kappa shape index (κ2) is 7.65. The van der Waals surface area contributed by atoms with Crippen molar-refractivity contribution < 1.29 is 9.53 Å². The lowest BCUT2D eigenvalue weighted by Gasteiger charge is -2.13. The molecule has 0 aromatic carbocycles. The fourth-order valence-electron chi connectivity index (χ4n) is 2.58. The number of esters is 1. The summed E-state index contributed by atoms with van der Waals surface area (Å²) in [6.07, 6.45) is 3.90. The molecule has 3 rings (SSSR count). The van der Waals surface area contributed by atoms with Crippen LogP contribution >= 0.6 is 38.5 Å². The summed E-state index contributed by atoms with van der Waals surface area (Å²) < 4.78 is 8.07. The zero-order chi connectivity index (χ0) is 18.0. The van der Waals surface area contributed by atoms with Crippen molar-refractivity contribution in [3.63, 3.8) is 0 Å². The maximum Gasteiger partial charge on any atom is 0.344 e. The molecule has 0 N–H and O–H groups in total. The van der Waals surface area contributed by atoms with Gasteiger partial charge in [0.25, 0.3) is 5.56 Å². The number of pyridine rings is 3. The first-order valence-corrected chi connectivity index (χ1v) is 9.49. The molecule has 0 saturated carbocycles. The van der Waals surface area contributed by atoms with Gasteiger partial charge in [0.05, 0.1) is 12.1 Å². The molecule has 3 heterocycles. The van der Waals surface area contributed by atoms with Gasteiger partial charge in [-0.05, 0) is 75.3 Å². The number of halogens is 2. The van der Waals surface area contributed by atoms with Crippen molar-refractivity contribution in [1.82, 2.24) is 9.38 Å². The molecule has 3 aromatic heterocycles. The Kier molecular flexibility index (Phi) is 5.53. The smallest absolute Gasteiger partial charge is 0.344 e. The van der Waals surface area contributed by atoms with Gasteiger partial charge in [-0.15, -0.1) is 0 Å². The quantitative estimate of drug-likeness (QED) is 0.394. The van der Waals surface area contributed by atoms with Crippen LogP contribution in [0.1, 0.15) is 28.5 Å². The zero-order valence-electron chi connectivity index (χ0n) is 13.3. The molecule has 25 heavy (non-hydrogen) atoms. The van der Waals surface area contributed by atoms with E-state index in [0.29, 0.717) is 9.99 Å². The lowest BCUT2D eigenvalue weighted by atomic mass is 10.1. The summed E-state index contributed by atoms with van der Waals surface area (Å²) in [4.78, 5) is 29.5. The number of aromatic nitrogens is 2.